The molecule has 0 amide bonds. The van der Waals surface area contributed by atoms with Gasteiger partial charge in [0.25, 0.3) is 0 Å². The predicted molar refractivity (Wildman–Crippen MR) is 116 cm³/mol. The van der Waals surface area contributed by atoms with Crippen LogP contribution in [-0.2, 0) is 4.79 Å². The molecule has 2 aromatic carbocycles. The molecule has 2 atom stereocenters. The first-order valence-electron chi connectivity index (χ1n) is 10.3. The Bertz CT molecular complexity index is 1290. The average molecular weight is 392 g/mol. The smallest absolute Gasteiger partial charge is 0.209 e. The highest BCUT2D eigenvalue weighted by molar-refractivity contribution is 6.01. The molecule has 5 heteroatoms. The molecule has 6 rings (SSSR count). The van der Waals surface area contributed by atoms with Crippen LogP contribution in [-0.4, -0.2) is 20.3 Å². The summed E-state index contributed by atoms with van der Waals surface area (Å²) in [5.41, 5.74) is 5.76. The number of anilines is 1. The summed E-state index contributed by atoms with van der Waals surface area (Å²) >= 11 is 0. The van der Waals surface area contributed by atoms with Crippen molar-refractivity contribution in [3.05, 3.63) is 102 Å². The van der Waals surface area contributed by atoms with Gasteiger partial charge in [-0.15, -0.1) is 0 Å². The van der Waals surface area contributed by atoms with Gasteiger partial charge in [0.1, 0.15) is 6.04 Å². The number of ketones is 1. The highest BCUT2D eigenvalue weighted by Gasteiger charge is 2.40. The molecule has 5 nitrogen and oxygen atoms in total. The molecule has 3 heterocycles. The molecule has 0 bridgehead atoms. The first-order chi connectivity index (χ1) is 14.8. The normalized spacial score (nSPS) is 20.6. The van der Waals surface area contributed by atoms with Crippen LogP contribution in [0.2, 0.25) is 0 Å². The van der Waals surface area contributed by atoms with Crippen LogP contribution in [0.5, 0.6) is 0 Å². The van der Waals surface area contributed by atoms with Gasteiger partial charge in [0.05, 0.1) is 16.7 Å². The molecule has 0 saturated carbocycles. The number of hydrogen-bond acceptors (Lipinski definition) is 4. The lowest BCUT2D eigenvalue weighted by Crippen LogP contribution is -2.33. The number of nitrogens with one attached hydrogen (secondary N) is 1. The summed E-state index contributed by atoms with van der Waals surface area (Å²) in [4.78, 5) is 23.0. The zero-order valence-corrected chi connectivity index (χ0v) is 16.3. The van der Waals surface area contributed by atoms with E-state index < -0.39 is 0 Å². The van der Waals surface area contributed by atoms with E-state index in [0.717, 1.165) is 40.4 Å². The van der Waals surface area contributed by atoms with Gasteiger partial charge in [-0.25, -0.2) is 4.98 Å². The third-order valence-electron chi connectivity index (χ3n) is 6.14. The molecule has 146 valence electrons. The van der Waals surface area contributed by atoms with E-state index in [2.05, 4.69) is 33.1 Å². The molecule has 2 aromatic heterocycles. The minimum absolute atomic E-state index is 0.172. The molecular formula is C25H20N4O. The maximum atomic E-state index is 13.5. The van der Waals surface area contributed by atoms with Crippen molar-refractivity contribution in [3.63, 3.8) is 0 Å². The molecule has 0 saturated heterocycles. The molecule has 0 unspecified atom stereocenters. The van der Waals surface area contributed by atoms with Crippen molar-refractivity contribution in [1.82, 2.24) is 14.5 Å². The molecule has 0 radical (unpaired) electrons. The first kappa shape index (κ1) is 17.2. The second-order valence-electron chi connectivity index (χ2n) is 7.91. The van der Waals surface area contributed by atoms with Crippen molar-refractivity contribution in [1.29, 1.82) is 0 Å². The standard InChI is InChI=1S/C25H20N4O/c30-22-15-17(16-8-2-1-3-9-16)14-20-23(22)24(19-11-6-7-13-26-19)29-21-12-5-4-10-18(21)27-25(29)28-20/h1-13,17,24H,14-15H2,(H,27,28)/t17-,24-/m0/s1. The third-order valence-corrected chi connectivity index (χ3v) is 6.14. The number of carbonyl (C=O) groups is 1. The van der Waals surface area contributed by atoms with Crippen LogP contribution in [0.15, 0.2) is 90.3 Å². The number of aromatic nitrogens is 3. The Morgan fingerprint density at radius 1 is 0.900 bits per heavy atom. The summed E-state index contributed by atoms with van der Waals surface area (Å²) in [6.45, 7) is 0. The van der Waals surface area contributed by atoms with Crippen LogP contribution in [0.1, 0.15) is 36.1 Å². The Kier molecular flexibility index (Phi) is 3.81. The number of nitrogens with zero attached hydrogens (tertiary/aromatic N) is 3. The fourth-order valence-electron chi connectivity index (χ4n) is 4.80. The number of carbonyl (C=O) groups excluding carboxylic acids is 1. The summed E-state index contributed by atoms with van der Waals surface area (Å²) in [5.74, 6) is 1.12. The van der Waals surface area contributed by atoms with Crippen molar-refractivity contribution in [2.75, 3.05) is 5.32 Å². The number of benzene rings is 2. The SMILES string of the molecule is O=C1C[C@@H](c2ccccc2)CC2=C1[C@H](c1ccccn1)n1c(nc3ccccc31)N2. The largest absolute Gasteiger partial charge is 0.329 e. The van der Waals surface area contributed by atoms with E-state index in [1.807, 2.05) is 54.6 Å². The second kappa shape index (κ2) is 6.66. The van der Waals surface area contributed by atoms with Crippen molar-refractivity contribution < 1.29 is 4.79 Å². The quantitative estimate of drug-likeness (QED) is 0.530. The van der Waals surface area contributed by atoms with Gasteiger partial charge in [-0.2, -0.15) is 0 Å². The van der Waals surface area contributed by atoms with Gasteiger partial charge in [-0.05, 0) is 42.2 Å². The van der Waals surface area contributed by atoms with Gasteiger partial charge < -0.3 is 5.32 Å². The number of rotatable bonds is 2. The van der Waals surface area contributed by atoms with Crippen LogP contribution in [0.3, 0.4) is 0 Å². The Labute approximate surface area is 174 Å². The lowest BCUT2D eigenvalue weighted by Gasteiger charge is -2.36. The third kappa shape index (κ3) is 2.59. The van der Waals surface area contributed by atoms with Crippen LogP contribution in [0.4, 0.5) is 5.95 Å². The number of imidazole rings is 1. The molecule has 30 heavy (non-hydrogen) atoms. The zero-order valence-electron chi connectivity index (χ0n) is 16.3. The number of para-hydroxylation sites is 2. The van der Waals surface area contributed by atoms with Gasteiger partial charge in [0.15, 0.2) is 5.78 Å². The van der Waals surface area contributed by atoms with E-state index in [1.54, 1.807) is 6.20 Å². The summed E-state index contributed by atoms with van der Waals surface area (Å²) in [6.07, 6.45) is 3.09. The molecular weight excluding hydrogens is 372 g/mol. The summed E-state index contributed by atoms with van der Waals surface area (Å²) < 4.78 is 2.12. The van der Waals surface area contributed by atoms with Crippen molar-refractivity contribution in [3.8, 4) is 0 Å². The zero-order chi connectivity index (χ0) is 20.1. The number of Topliss-reactive ketones (excluding diaryl/α,β-unsaturated/α-hetero) is 1. The minimum atomic E-state index is -0.269. The minimum Gasteiger partial charge on any atom is -0.329 e. The van der Waals surface area contributed by atoms with E-state index in [-0.39, 0.29) is 17.7 Å². The molecule has 1 aliphatic carbocycles. The summed E-state index contributed by atoms with van der Waals surface area (Å²) in [6, 6.07) is 24.0. The van der Waals surface area contributed by atoms with Crippen LogP contribution < -0.4 is 5.32 Å². The highest BCUT2D eigenvalue weighted by atomic mass is 16.1. The van der Waals surface area contributed by atoms with E-state index in [0.29, 0.717) is 6.42 Å². The van der Waals surface area contributed by atoms with Crippen LogP contribution in [0, 0.1) is 0 Å². The fraction of sp³-hybridized carbons (Fsp3) is 0.160. The average Bonchev–Trinajstić information content (AvgIpc) is 3.17. The van der Waals surface area contributed by atoms with Crippen LogP contribution in [0.25, 0.3) is 11.0 Å². The van der Waals surface area contributed by atoms with Crippen LogP contribution >= 0.6 is 0 Å². The van der Waals surface area contributed by atoms with E-state index >= 15 is 0 Å². The van der Waals surface area contributed by atoms with Gasteiger partial charge in [-0.1, -0.05) is 48.5 Å². The maximum Gasteiger partial charge on any atom is 0.209 e. The van der Waals surface area contributed by atoms with Gasteiger partial charge in [-0.3, -0.25) is 14.3 Å². The molecule has 1 N–H and O–H groups in total. The van der Waals surface area contributed by atoms with Crippen molar-refractivity contribution >= 4 is 22.8 Å². The van der Waals surface area contributed by atoms with Crippen molar-refractivity contribution in [2.45, 2.75) is 24.8 Å². The van der Waals surface area contributed by atoms with Gasteiger partial charge in [0, 0.05) is 23.9 Å². The van der Waals surface area contributed by atoms with Crippen molar-refractivity contribution in [2.24, 2.45) is 0 Å². The second-order valence-corrected chi connectivity index (χ2v) is 7.91. The number of allylic oxidation sites excluding steroid dienone is 2. The van der Waals surface area contributed by atoms with E-state index in [9.17, 15) is 4.79 Å². The number of fused-ring (bicyclic) bond motifs is 3. The number of pyridine rings is 1. The molecule has 2 aliphatic rings. The summed E-state index contributed by atoms with van der Waals surface area (Å²) in [7, 11) is 0. The van der Waals surface area contributed by atoms with Gasteiger partial charge >= 0.3 is 0 Å². The topological polar surface area (TPSA) is 59.8 Å². The Hall–Kier alpha value is -3.73. The lowest BCUT2D eigenvalue weighted by molar-refractivity contribution is -0.116. The monoisotopic (exact) mass is 392 g/mol. The van der Waals surface area contributed by atoms with E-state index in [4.69, 9.17) is 4.98 Å². The molecule has 0 fully saturated rings. The molecule has 4 aromatic rings. The fourth-order valence-corrected chi connectivity index (χ4v) is 4.80. The van der Waals surface area contributed by atoms with E-state index in [1.165, 1.54) is 5.56 Å². The van der Waals surface area contributed by atoms with Gasteiger partial charge in [0.2, 0.25) is 5.95 Å². The Balaban J connectivity index is 1.54. The first-order valence-corrected chi connectivity index (χ1v) is 10.3. The highest BCUT2D eigenvalue weighted by Crippen LogP contribution is 2.45. The lowest BCUT2D eigenvalue weighted by atomic mass is 9.78. The summed E-state index contributed by atoms with van der Waals surface area (Å²) in [5, 5.41) is 3.50. The molecule has 0 spiro atoms. The maximum absolute atomic E-state index is 13.5. The molecule has 1 aliphatic heterocycles. The Morgan fingerprint density at radius 2 is 1.70 bits per heavy atom. The number of hydrogen-bond donors (Lipinski definition) is 1. The predicted octanol–water partition coefficient (Wildman–Crippen LogP) is 4.85. The Morgan fingerprint density at radius 3 is 2.53 bits per heavy atom.